The molecule has 36 heavy (non-hydrogen) atoms. The van der Waals surface area contributed by atoms with Gasteiger partial charge in [-0.15, -0.1) is 0 Å². The van der Waals surface area contributed by atoms with Crippen molar-refractivity contribution in [2.24, 2.45) is 0 Å². The average molecular weight is 539 g/mol. The van der Waals surface area contributed by atoms with E-state index in [1.807, 2.05) is 0 Å². The molecule has 2 aromatic rings. The predicted molar refractivity (Wildman–Crippen MR) is 120 cm³/mol. The van der Waals surface area contributed by atoms with Crippen LogP contribution in [-0.2, 0) is 32.2 Å². The van der Waals surface area contributed by atoms with E-state index in [2.05, 4.69) is 5.32 Å². The Hall–Kier alpha value is -2.64. The Bertz CT molecular complexity index is 1100. The maximum Gasteiger partial charge on any atom is 0.420 e. The van der Waals surface area contributed by atoms with Crippen LogP contribution in [0.15, 0.2) is 48.5 Å². The summed E-state index contributed by atoms with van der Waals surface area (Å²) in [6.07, 6.45) is -11.5. The Morgan fingerprint density at radius 3 is 1.94 bits per heavy atom. The third-order valence-electron chi connectivity index (χ3n) is 6.04. The van der Waals surface area contributed by atoms with Crippen molar-refractivity contribution in [1.29, 1.82) is 0 Å². The second-order valence-electron chi connectivity index (χ2n) is 8.31. The summed E-state index contributed by atoms with van der Waals surface area (Å²) in [6, 6.07) is 9.68. The first-order chi connectivity index (χ1) is 16.8. The van der Waals surface area contributed by atoms with Crippen LogP contribution in [0.1, 0.15) is 28.9 Å². The number of nitrogens with zero attached hydrogens (tertiary/aromatic N) is 1. The van der Waals surface area contributed by atoms with Crippen LogP contribution in [0.5, 0.6) is 0 Å². The first-order valence-electron chi connectivity index (χ1n) is 10.9. The molecule has 1 saturated heterocycles. The second-order valence-corrected chi connectivity index (χ2v) is 9.66. The maximum absolute atomic E-state index is 14.1. The molecule has 1 aliphatic heterocycles. The minimum atomic E-state index is -5.67. The third-order valence-corrected chi connectivity index (χ3v) is 6.97. The van der Waals surface area contributed by atoms with Crippen molar-refractivity contribution in [3.8, 4) is 0 Å². The Morgan fingerprint density at radius 1 is 0.944 bits per heavy atom. The van der Waals surface area contributed by atoms with Crippen molar-refractivity contribution in [3.05, 3.63) is 65.2 Å². The quantitative estimate of drug-likeness (QED) is 0.409. The number of anilines is 1. The number of carbonyl (C=O) groups is 1. The molecule has 0 radical (unpaired) electrons. The van der Waals surface area contributed by atoms with E-state index in [1.54, 1.807) is 24.3 Å². The van der Waals surface area contributed by atoms with Gasteiger partial charge in [0.25, 0.3) is 0 Å². The van der Waals surface area contributed by atoms with E-state index in [-0.39, 0.29) is 25.3 Å². The minimum Gasteiger partial charge on any atom is -0.379 e. The molecule has 1 N–H and O–H groups in total. The fraction of sp³-hybridized carbons (Fsp3) is 0.435. The van der Waals surface area contributed by atoms with Crippen molar-refractivity contribution in [2.75, 3.05) is 31.6 Å². The molecule has 3 rings (SSSR count). The molecule has 13 heteroatoms. The van der Waals surface area contributed by atoms with E-state index < -0.39 is 58.4 Å². The zero-order chi connectivity index (χ0) is 26.7. The zero-order valence-corrected chi connectivity index (χ0v) is 19.9. The van der Waals surface area contributed by atoms with Gasteiger partial charge in [0.1, 0.15) is 10.7 Å². The van der Waals surface area contributed by atoms with E-state index in [1.165, 1.54) is 6.92 Å². The highest BCUT2D eigenvalue weighted by atomic mass is 32.2. The highest BCUT2D eigenvalue weighted by Gasteiger charge is 2.74. The molecule has 0 spiro atoms. The highest BCUT2D eigenvalue weighted by molar-refractivity contribution is 7.72. The van der Waals surface area contributed by atoms with Gasteiger partial charge < -0.3 is 10.1 Å². The lowest BCUT2D eigenvalue weighted by atomic mass is 9.85. The smallest absolute Gasteiger partial charge is 0.379 e. The SMILES string of the molecule is CC(c1ccc(CC(=O)Nc2ccc(C(N3CCOCC3)(C(F)(F)F)C(F)(F)F)cc2)cc1)[SH](=O)=O. The number of amides is 1. The van der Waals surface area contributed by atoms with E-state index in [0.717, 1.165) is 12.1 Å². The summed E-state index contributed by atoms with van der Waals surface area (Å²) in [5.41, 5.74) is -4.12. The number of nitrogens with one attached hydrogen (secondary N) is 1. The first kappa shape index (κ1) is 27.9. The summed E-state index contributed by atoms with van der Waals surface area (Å²) in [4.78, 5) is 12.7. The van der Waals surface area contributed by atoms with Gasteiger partial charge in [0.05, 0.1) is 24.9 Å². The van der Waals surface area contributed by atoms with Gasteiger partial charge in [0, 0.05) is 18.8 Å². The number of carbonyl (C=O) groups excluding carboxylic acids is 1. The van der Waals surface area contributed by atoms with Crippen LogP contribution < -0.4 is 5.32 Å². The third kappa shape index (κ3) is 5.68. The number of ether oxygens (including phenoxy) is 1. The largest absolute Gasteiger partial charge is 0.420 e. The molecule has 0 bridgehead atoms. The van der Waals surface area contributed by atoms with Crippen LogP contribution >= 0.6 is 0 Å². The monoisotopic (exact) mass is 538 g/mol. The Morgan fingerprint density at radius 2 is 1.47 bits per heavy atom. The number of alkyl halides is 6. The van der Waals surface area contributed by atoms with Crippen molar-refractivity contribution in [1.82, 2.24) is 4.90 Å². The predicted octanol–water partition coefficient (Wildman–Crippen LogP) is 4.19. The molecule has 0 aromatic heterocycles. The molecule has 1 atom stereocenters. The van der Waals surface area contributed by atoms with Gasteiger partial charge in [-0.1, -0.05) is 36.4 Å². The summed E-state index contributed by atoms with van der Waals surface area (Å²) in [6.45, 7) is -0.127. The number of benzene rings is 2. The Balaban J connectivity index is 1.80. The molecular formula is C23H24F6N2O4S. The number of hydrogen-bond donors (Lipinski definition) is 2. The normalized spacial score (nSPS) is 16.7. The first-order valence-corrected chi connectivity index (χ1v) is 12.1. The zero-order valence-electron chi connectivity index (χ0n) is 19.0. The van der Waals surface area contributed by atoms with Crippen molar-refractivity contribution < 1.29 is 44.3 Å². The molecule has 1 unspecified atom stereocenters. The van der Waals surface area contributed by atoms with Crippen LogP contribution in [0, 0.1) is 0 Å². The fourth-order valence-electron chi connectivity index (χ4n) is 4.15. The lowest BCUT2D eigenvalue weighted by Crippen LogP contribution is -2.66. The van der Waals surface area contributed by atoms with Crippen molar-refractivity contribution in [2.45, 2.75) is 36.5 Å². The number of morpholine rings is 1. The lowest BCUT2D eigenvalue weighted by Gasteiger charge is -2.47. The second kappa shape index (κ2) is 10.8. The van der Waals surface area contributed by atoms with Gasteiger partial charge in [-0.05, 0) is 35.7 Å². The number of halogens is 6. The van der Waals surface area contributed by atoms with E-state index >= 15 is 0 Å². The molecule has 1 heterocycles. The summed E-state index contributed by atoms with van der Waals surface area (Å²) < 4.78 is 112. The molecule has 198 valence electrons. The number of hydrogen-bond acceptors (Lipinski definition) is 5. The molecule has 0 saturated carbocycles. The van der Waals surface area contributed by atoms with Gasteiger partial charge >= 0.3 is 12.4 Å². The topological polar surface area (TPSA) is 75.7 Å². The van der Waals surface area contributed by atoms with Crippen molar-refractivity contribution in [3.63, 3.8) is 0 Å². The Labute approximate surface area is 205 Å². The molecule has 0 aliphatic carbocycles. The molecular weight excluding hydrogens is 514 g/mol. The summed E-state index contributed by atoms with van der Waals surface area (Å²) in [5, 5.41) is 1.75. The summed E-state index contributed by atoms with van der Waals surface area (Å²) >= 11 is 0. The summed E-state index contributed by atoms with van der Waals surface area (Å²) in [7, 11) is -2.66. The van der Waals surface area contributed by atoms with Gasteiger partial charge in [0.15, 0.2) is 0 Å². The van der Waals surface area contributed by atoms with Crippen molar-refractivity contribution >= 4 is 22.3 Å². The number of thiol groups is 1. The van der Waals surface area contributed by atoms with Crippen LogP contribution in [0.25, 0.3) is 0 Å². The molecule has 6 nitrogen and oxygen atoms in total. The van der Waals surface area contributed by atoms with Gasteiger partial charge in [-0.2, -0.15) is 26.3 Å². The number of rotatable bonds is 7. The van der Waals surface area contributed by atoms with E-state index in [4.69, 9.17) is 4.74 Å². The Kier molecular flexibility index (Phi) is 8.36. The average Bonchev–Trinajstić information content (AvgIpc) is 2.79. The molecule has 1 aliphatic rings. The van der Waals surface area contributed by atoms with Crippen LogP contribution in [-0.4, -0.2) is 57.9 Å². The molecule has 1 fully saturated rings. The summed E-state index contributed by atoms with van der Waals surface area (Å²) in [5.74, 6) is -0.551. The molecule has 2 aromatic carbocycles. The molecule has 1 amide bonds. The lowest BCUT2D eigenvalue weighted by molar-refractivity contribution is -0.353. The van der Waals surface area contributed by atoms with Crippen LogP contribution in [0.2, 0.25) is 0 Å². The van der Waals surface area contributed by atoms with E-state index in [9.17, 15) is 39.6 Å². The maximum atomic E-state index is 14.1. The minimum absolute atomic E-state index is 0.0255. The van der Waals surface area contributed by atoms with E-state index in [0.29, 0.717) is 28.2 Å². The van der Waals surface area contributed by atoms with Gasteiger partial charge in [0.2, 0.25) is 11.4 Å². The fourth-order valence-corrected chi connectivity index (χ4v) is 4.56. The van der Waals surface area contributed by atoms with Crippen LogP contribution in [0.4, 0.5) is 32.0 Å². The van der Waals surface area contributed by atoms with Crippen LogP contribution in [0.3, 0.4) is 0 Å². The van der Waals surface area contributed by atoms with Gasteiger partial charge in [-0.25, -0.2) is 8.42 Å². The van der Waals surface area contributed by atoms with Gasteiger partial charge in [-0.3, -0.25) is 9.69 Å². The standard InChI is InChI=1S/C23H24F6N2O4S/c1-15(36(33)34)17-4-2-16(3-5-17)14-20(32)30-19-8-6-18(7-9-19)21(22(24,25)26,23(27,28)29)31-10-12-35-13-11-31/h2-9,15,36H,10-14H2,1H3,(H,30,32). The highest BCUT2D eigenvalue weighted by Crippen LogP contribution is 2.54.